The third-order valence-corrected chi connectivity index (χ3v) is 13.3. The number of hydrazine groups is 1. The Morgan fingerprint density at radius 1 is 1.07 bits per heavy atom. The van der Waals surface area contributed by atoms with Gasteiger partial charge in [-0.2, -0.15) is 13.2 Å². The number of likely N-dealkylation sites (N-methyl/N-ethyl adjacent to an activating group) is 2. The Kier molecular flexibility index (Phi) is 14.8. The second kappa shape index (κ2) is 20.1. The number of nitrogens with one attached hydrogen (secondary N) is 3. The number of hydrogen-bond donors (Lipinski definition) is 4. The third-order valence-electron chi connectivity index (χ3n) is 13.3. The molecule has 69 heavy (non-hydrogen) atoms. The molecule has 372 valence electrons. The lowest BCUT2D eigenvalue weighted by Gasteiger charge is -2.37. The number of aryl methyl sites for hydroxylation is 1. The lowest BCUT2D eigenvalue weighted by molar-refractivity contribution is -0.155. The minimum Gasteiger partial charge on any atom is -0.508 e. The zero-order valence-corrected chi connectivity index (χ0v) is 40.6. The highest BCUT2D eigenvalue weighted by Gasteiger charge is 2.59. The number of ether oxygens (including phenoxy) is 2. The molecular weight excluding hydrogens is 898 g/mol. The number of fused-ring (bicyclic) bond motifs is 6. The highest BCUT2D eigenvalue weighted by molar-refractivity contribution is 5.96. The summed E-state index contributed by atoms with van der Waals surface area (Å²) in [4.78, 5) is 76.2. The molecule has 3 aliphatic rings. The lowest BCUT2D eigenvalue weighted by atomic mass is 9.84. The van der Waals surface area contributed by atoms with Crippen LogP contribution in [0.2, 0.25) is 0 Å². The molecule has 2 aromatic carbocycles. The van der Waals surface area contributed by atoms with E-state index in [2.05, 4.69) is 33.6 Å². The van der Waals surface area contributed by atoms with Crippen molar-refractivity contribution >= 4 is 40.5 Å². The number of phenolic OH excluding ortho intramolecular Hbond substituents is 1. The molecule has 4 aromatic rings. The van der Waals surface area contributed by atoms with Crippen LogP contribution in [0.1, 0.15) is 77.3 Å². The van der Waals surface area contributed by atoms with Crippen LogP contribution in [0.15, 0.2) is 54.7 Å². The molecule has 3 aliphatic heterocycles. The number of cyclic esters (lactones) is 1. The molecule has 4 N–H and O–H groups in total. The molecule has 2 aromatic heterocycles. The zero-order valence-electron chi connectivity index (χ0n) is 40.6. The SMILES string of the molecule is CCn1c(-c2cccnc2[C@H](C)OC)c2c3cc(ccc31)-c1cc(O)cc(c1)C[C@H](NC(=O)C(C(C)C)N(C)C(=O)CN(C)C(=O)[C@@H]1N[C@@H]1C(F)(F)F)C(=O)N1CCC[C@H](N1)C(=O)OCC(C)(C)C2. The summed E-state index contributed by atoms with van der Waals surface area (Å²) in [5.74, 6) is -4.09. The number of hydrogen-bond acceptors (Lipinski definition) is 11. The second-order valence-corrected chi connectivity index (χ2v) is 19.6. The maximum absolute atomic E-state index is 14.7. The van der Waals surface area contributed by atoms with Gasteiger partial charge in [-0.25, -0.2) is 5.43 Å². The fraction of sp³-hybridized carbons (Fsp3) is 0.520. The molecule has 0 spiro atoms. The number of aromatic hydroxyl groups is 1. The number of amides is 4. The van der Waals surface area contributed by atoms with E-state index in [4.69, 9.17) is 14.5 Å². The van der Waals surface area contributed by atoms with E-state index in [0.29, 0.717) is 36.9 Å². The summed E-state index contributed by atoms with van der Waals surface area (Å²) in [6.07, 6.45) is -2.01. The van der Waals surface area contributed by atoms with Gasteiger partial charge >= 0.3 is 12.1 Å². The summed E-state index contributed by atoms with van der Waals surface area (Å²) < 4.78 is 53.7. The zero-order chi connectivity index (χ0) is 50.3. The number of benzene rings is 2. The predicted molar refractivity (Wildman–Crippen MR) is 251 cm³/mol. The number of carbonyl (C=O) groups is 5. The molecule has 0 saturated carbocycles. The van der Waals surface area contributed by atoms with Gasteiger partial charge in [0.15, 0.2) is 0 Å². The van der Waals surface area contributed by atoms with E-state index >= 15 is 0 Å². The normalized spacial score (nSPS) is 21.6. The van der Waals surface area contributed by atoms with Crippen LogP contribution in [0.25, 0.3) is 33.3 Å². The van der Waals surface area contributed by atoms with Gasteiger partial charge in [-0.15, -0.1) is 0 Å². The van der Waals surface area contributed by atoms with Crippen molar-refractivity contribution in [1.82, 2.24) is 40.4 Å². The van der Waals surface area contributed by atoms with Crippen LogP contribution in [0.3, 0.4) is 0 Å². The number of carbonyl (C=O) groups excluding carboxylic acids is 5. The van der Waals surface area contributed by atoms with Crippen LogP contribution >= 0.6 is 0 Å². The molecule has 4 amide bonds. The average Bonchev–Trinajstić information content (AvgIpc) is 4.07. The summed E-state index contributed by atoms with van der Waals surface area (Å²) in [6.45, 7) is 11.8. The predicted octanol–water partition coefficient (Wildman–Crippen LogP) is 5.30. The fourth-order valence-corrected chi connectivity index (χ4v) is 9.67. The molecule has 2 saturated heterocycles. The van der Waals surface area contributed by atoms with Crippen LogP contribution in [0, 0.1) is 11.3 Å². The highest BCUT2D eigenvalue weighted by atomic mass is 19.4. The maximum atomic E-state index is 14.7. The molecule has 2 fully saturated rings. The van der Waals surface area contributed by atoms with Crippen LogP contribution in [0.5, 0.6) is 5.75 Å². The van der Waals surface area contributed by atoms with Gasteiger partial charge in [0.2, 0.25) is 17.7 Å². The summed E-state index contributed by atoms with van der Waals surface area (Å²) in [6, 6.07) is 8.13. The van der Waals surface area contributed by atoms with Gasteiger partial charge in [-0.1, -0.05) is 39.8 Å². The van der Waals surface area contributed by atoms with Crippen molar-refractivity contribution < 1.29 is 51.7 Å². The monoisotopic (exact) mass is 960 g/mol. The third kappa shape index (κ3) is 10.9. The number of esters is 1. The molecule has 7 rings (SSSR count). The Labute approximate surface area is 399 Å². The van der Waals surface area contributed by atoms with Crippen LogP contribution in [0.4, 0.5) is 13.2 Å². The van der Waals surface area contributed by atoms with Gasteiger partial charge in [-0.3, -0.25) is 39.3 Å². The molecule has 0 radical (unpaired) electrons. The van der Waals surface area contributed by atoms with E-state index in [-0.39, 0.29) is 31.4 Å². The van der Waals surface area contributed by atoms with Gasteiger partial charge in [0.25, 0.3) is 5.91 Å². The van der Waals surface area contributed by atoms with Gasteiger partial charge in [-0.05, 0) is 97.7 Å². The summed E-state index contributed by atoms with van der Waals surface area (Å²) >= 11 is 0. The Morgan fingerprint density at radius 3 is 2.48 bits per heavy atom. The van der Waals surface area contributed by atoms with E-state index < -0.39 is 83.9 Å². The summed E-state index contributed by atoms with van der Waals surface area (Å²) in [5.41, 5.74) is 8.99. The number of methoxy groups -OCH3 is 1. The first-order valence-corrected chi connectivity index (χ1v) is 23.4. The number of aromatic nitrogens is 2. The molecule has 16 nitrogen and oxygen atoms in total. The van der Waals surface area contributed by atoms with E-state index in [0.717, 1.165) is 48.8 Å². The van der Waals surface area contributed by atoms with Crippen molar-refractivity contribution in [1.29, 1.82) is 0 Å². The first kappa shape index (κ1) is 50.8. The Hall–Kier alpha value is -6.05. The minimum atomic E-state index is -4.63. The highest BCUT2D eigenvalue weighted by Crippen LogP contribution is 2.42. The molecule has 6 atom stereocenters. The van der Waals surface area contributed by atoms with Crippen LogP contribution < -0.4 is 16.1 Å². The Balaban J connectivity index is 1.27. The second-order valence-electron chi connectivity index (χ2n) is 19.6. The minimum absolute atomic E-state index is 0.0528. The Morgan fingerprint density at radius 2 is 1.81 bits per heavy atom. The maximum Gasteiger partial charge on any atom is 0.405 e. The van der Waals surface area contributed by atoms with Crippen molar-refractivity contribution in [3.05, 3.63) is 71.5 Å². The van der Waals surface area contributed by atoms with Crippen LogP contribution in [-0.4, -0.2) is 136 Å². The van der Waals surface area contributed by atoms with Crippen molar-refractivity contribution in [2.24, 2.45) is 11.3 Å². The fourth-order valence-electron chi connectivity index (χ4n) is 9.67. The van der Waals surface area contributed by atoms with E-state index in [1.54, 1.807) is 33.2 Å². The average molecular weight is 961 g/mol. The summed E-state index contributed by atoms with van der Waals surface area (Å²) in [5, 5.41) is 18.5. The number of halogens is 3. The van der Waals surface area contributed by atoms with Crippen molar-refractivity contribution in [3.63, 3.8) is 0 Å². The quantitative estimate of drug-likeness (QED) is 0.113. The van der Waals surface area contributed by atoms with Crippen LogP contribution in [-0.2, 0) is 52.8 Å². The van der Waals surface area contributed by atoms with E-state index in [9.17, 15) is 42.3 Å². The smallest absolute Gasteiger partial charge is 0.405 e. The number of pyridine rings is 1. The number of rotatable bonds is 11. The molecule has 0 aliphatic carbocycles. The molecule has 5 heterocycles. The molecule has 19 heteroatoms. The first-order valence-electron chi connectivity index (χ1n) is 23.4. The van der Waals surface area contributed by atoms with E-state index in [1.165, 1.54) is 25.2 Å². The topological polar surface area (TPSA) is 198 Å². The van der Waals surface area contributed by atoms with Crippen molar-refractivity contribution in [3.8, 4) is 28.1 Å². The summed E-state index contributed by atoms with van der Waals surface area (Å²) in [7, 11) is 4.21. The van der Waals surface area contributed by atoms with Crippen molar-refractivity contribution in [2.45, 2.75) is 116 Å². The first-order chi connectivity index (χ1) is 32.5. The number of phenols is 1. The standard InChI is InChI=1S/C50H63F3N8O8/c1-10-60-38-16-15-30-23-34(38)35(43(60)33-13-11-17-54-40(33)28(4)68-9)24-49(5,6)26-69-48(67)36-14-12-18-61(57-36)46(65)37(21-29-19-31(30)22-32(62)20-29)55-45(64)42(27(2)3)59(8)39(63)25-58(7)47(66)41-44(56-41)50(51,52)53/h11,13,15-17,19-20,22-23,27-28,36-37,41-42,44,56-57,62H,10,12,14,18,21,24-26H2,1-9H3,(H,55,64)/t28-,36-,37-,41+,42?,44-/m0/s1. The molecule has 6 bridgehead atoms. The van der Waals surface area contributed by atoms with Gasteiger partial charge in [0.05, 0.1) is 30.6 Å². The largest absolute Gasteiger partial charge is 0.508 e. The van der Waals surface area contributed by atoms with Gasteiger partial charge in [0.1, 0.15) is 36.0 Å². The molecule has 1 unspecified atom stereocenters. The van der Waals surface area contributed by atoms with Gasteiger partial charge in [0, 0.05) is 68.8 Å². The number of nitrogens with zero attached hydrogens (tertiary/aromatic N) is 5. The van der Waals surface area contributed by atoms with Gasteiger partial charge < -0.3 is 34.3 Å². The Bertz CT molecular complexity index is 2620. The molecular formula is C50H63F3N8O8. The lowest BCUT2D eigenvalue weighted by Crippen LogP contribution is -2.62. The number of alkyl halides is 3. The van der Waals surface area contributed by atoms with E-state index in [1.807, 2.05) is 51.1 Å². The van der Waals surface area contributed by atoms with Crippen molar-refractivity contribution in [2.75, 3.05) is 40.9 Å².